The van der Waals surface area contributed by atoms with Gasteiger partial charge in [-0.2, -0.15) is 0 Å². The van der Waals surface area contributed by atoms with Crippen LogP contribution in [0.1, 0.15) is 20.3 Å². The number of hydrogen-bond donors (Lipinski definition) is 2. The molecule has 0 amide bonds. The molecular weight excluding hydrogens is 314 g/mol. The summed E-state index contributed by atoms with van der Waals surface area (Å²) in [6.07, 6.45) is 1.22. The fourth-order valence-electron chi connectivity index (χ4n) is 1.53. The molecule has 0 fully saturated rings. The number of nitrogens with zero attached hydrogens (tertiary/aromatic N) is 2. The standard InChI is InChI=1S/C10H17N2O7P.Na.H/c1-4-8(20(15,16)17)19-12-9(13)7(2)5-11(6-18-3)10(12)14;;/h5,8H,4,6H2,1-3H3,(H2,15,16,17);;/q;+1;-1. The molecule has 0 bridgehead atoms. The predicted molar refractivity (Wildman–Crippen MR) is 70.5 cm³/mol. The fourth-order valence-corrected chi connectivity index (χ4v) is 2.22. The molecule has 11 heteroatoms. The zero-order valence-electron chi connectivity index (χ0n) is 13.3. The zero-order chi connectivity index (χ0) is 15.5. The number of aromatic nitrogens is 2. The molecule has 0 saturated carbocycles. The van der Waals surface area contributed by atoms with Gasteiger partial charge in [0.05, 0.1) is 0 Å². The first-order valence-corrected chi connectivity index (χ1v) is 7.45. The Morgan fingerprint density at radius 2 is 2.00 bits per heavy atom. The van der Waals surface area contributed by atoms with Crippen molar-refractivity contribution in [1.29, 1.82) is 0 Å². The largest absolute Gasteiger partial charge is 1.00 e. The number of rotatable bonds is 6. The second-order valence-corrected chi connectivity index (χ2v) is 5.89. The number of aryl methyl sites for hydroxylation is 1. The van der Waals surface area contributed by atoms with Crippen LogP contribution in [0.2, 0.25) is 0 Å². The van der Waals surface area contributed by atoms with Crippen molar-refractivity contribution in [3.8, 4) is 0 Å². The van der Waals surface area contributed by atoms with E-state index in [9.17, 15) is 14.2 Å². The molecule has 1 aromatic rings. The number of hydrogen-bond acceptors (Lipinski definition) is 5. The third-order valence-electron chi connectivity index (χ3n) is 2.51. The predicted octanol–water partition coefficient (Wildman–Crippen LogP) is -3.62. The molecule has 0 aromatic carbocycles. The Hall–Kier alpha value is -0.410. The molecule has 1 atom stereocenters. The van der Waals surface area contributed by atoms with Crippen LogP contribution in [0.3, 0.4) is 0 Å². The van der Waals surface area contributed by atoms with Crippen molar-refractivity contribution >= 4 is 7.60 Å². The van der Waals surface area contributed by atoms with E-state index in [-0.39, 0.29) is 49.7 Å². The maximum Gasteiger partial charge on any atom is 1.00 e. The molecular formula is C10H18N2NaO7P. The van der Waals surface area contributed by atoms with E-state index >= 15 is 0 Å². The summed E-state index contributed by atoms with van der Waals surface area (Å²) in [7, 11) is -3.22. The summed E-state index contributed by atoms with van der Waals surface area (Å²) in [5, 5.41) is 0. The molecule has 2 N–H and O–H groups in total. The molecule has 0 aliphatic carbocycles. The Bertz CT molecular complexity index is 641. The minimum absolute atomic E-state index is 0. The Morgan fingerprint density at radius 3 is 2.43 bits per heavy atom. The molecule has 1 aromatic heterocycles. The summed E-state index contributed by atoms with van der Waals surface area (Å²) in [5.41, 5.74) is -1.45. The van der Waals surface area contributed by atoms with Crippen LogP contribution in [0.25, 0.3) is 0 Å². The van der Waals surface area contributed by atoms with Crippen LogP contribution in [0.15, 0.2) is 15.8 Å². The molecule has 116 valence electrons. The molecule has 0 aliphatic heterocycles. The van der Waals surface area contributed by atoms with Crippen molar-refractivity contribution < 1.29 is 54.9 Å². The molecule has 21 heavy (non-hydrogen) atoms. The number of methoxy groups -OCH3 is 1. The van der Waals surface area contributed by atoms with Crippen molar-refractivity contribution in [2.24, 2.45) is 0 Å². The minimum atomic E-state index is -4.59. The van der Waals surface area contributed by atoms with Gasteiger partial charge in [0.25, 0.3) is 5.56 Å². The summed E-state index contributed by atoms with van der Waals surface area (Å²) in [6.45, 7) is 2.81. The second-order valence-electron chi connectivity index (χ2n) is 4.14. The van der Waals surface area contributed by atoms with Crippen LogP contribution in [-0.4, -0.2) is 32.0 Å². The van der Waals surface area contributed by atoms with Gasteiger partial charge < -0.3 is 20.8 Å². The maximum absolute atomic E-state index is 12.0. The van der Waals surface area contributed by atoms with Gasteiger partial charge in [0, 0.05) is 18.9 Å². The monoisotopic (exact) mass is 332 g/mol. The van der Waals surface area contributed by atoms with Gasteiger partial charge >= 0.3 is 42.8 Å². The molecule has 1 heterocycles. The smallest absolute Gasteiger partial charge is 1.00 e. The Balaban J connectivity index is 0. The van der Waals surface area contributed by atoms with Crippen molar-refractivity contribution in [3.63, 3.8) is 0 Å². The van der Waals surface area contributed by atoms with E-state index in [2.05, 4.69) is 0 Å². The normalized spacial score (nSPS) is 12.6. The van der Waals surface area contributed by atoms with Gasteiger partial charge in [0.2, 0.25) is 5.85 Å². The molecule has 0 spiro atoms. The van der Waals surface area contributed by atoms with E-state index in [1.807, 2.05) is 0 Å². The molecule has 0 radical (unpaired) electrons. The first-order chi connectivity index (χ1) is 9.22. The Kier molecular flexibility index (Phi) is 8.12. The average molecular weight is 332 g/mol. The SMILES string of the molecule is CCC(On1c(=O)c(C)cn(COC)c1=O)P(=O)(O)O.[H-].[Na+]. The summed E-state index contributed by atoms with van der Waals surface area (Å²) >= 11 is 0. The van der Waals surface area contributed by atoms with Crippen molar-refractivity contribution in [3.05, 3.63) is 32.6 Å². The zero-order valence-corrected chi connectivity index (χ0v) is 15.2. The van der Waals surface area contributed by atoms with Gasteiger partial charge in [-0.3, -0.25) is 13.9 Å². The van der Waals surface area contributed by atoms with Crippen molar-refractivity contribution in [2.45, 2.75) is 32.8 Å². The summed E-state index contributed by atoms with van der Waals surface area (Å²) in [5.74, 6) is -1.56. The van der Waals surface area contributed by atoms with E-state index < -0.39 is 24.7 Å². The molecule has 1 unspecified atom stereocenters. The van der Waals surface area contributed by atoms with Gasteiger partial charge in [0.1, 0.15) is 6.73 Å². The Labute approximate surface area is 144 Å². The van der Waals surface area contributed by atoms with E-state index in [1.54, 1.807) is 0 Å². The van der Waals surface area contributed by atoms with Crippen LogP contribution in [0.5, 0.6) is 0 Å². The van der Waals surface area contributed by atoms with Crippen LogP contribution in [0, 0.1) is 6.92 Å². The van der Waals surface area contributed by atoms with Gasteiger partial charge in [-0.25, -0.2) is 4.79 Å². The summed E-state index contributed by atoms with van der Waals surface area (Å²) in [6, 6.07) is 0. The summed E-state index contributed by atoms with van der Waals surface area (Å²) in [4.78, 5) is 46.9. The molecule has 9 nitrogen and oxygen atoms in total. The first-order valence-electron chi connectivity index (χ1n) is 5.76. The second kappa shape index (κ2) is 8.28. The third-order valence-corrected chi connectivity index (χ3v) is 3.72. The Morgan fingerprint density at radius 1 is 1.43 bits per heavy atom. The molecule has 0 saturated heterocycles. The van der Waals surface area contributed by atoms with Gasteiger partial charge in [-0.15, -0.1) is 0 Å². The van der Waals surface area contributed by atoms with Crippen LogP contribution in [0.4, 0.5) is 0 Å². The topological polar surface area (TPSA) is 120 Å². The quantitative estimate of drug-likeness (QED) is 0.408. The van der Waals surface area contributed by atoms with Crippen molar-refractivity contribution in [1.82, 2.24) is 9.30 Å². The minimum Gasteiger partial charge on any atom is -1.00 e. The summed E-state index contributed by atoms with van der Waals surface area (Å²) < 4.78 is 17.4. The van der Waals surface area contributed by atoms with Gasteiger partial charge in [-0.1, -0.05) is 11.7 Å². The van der Waals surface area contributed by atoms with E-state index in [0.29, 0.717) is 4.73 Å². The van der Waals surface area contributed by atoms with E-state index in [1.165, 1.54) is 27.2 Å². The van der Waals surface area contributed by atoms with Gasteiger partial charge in [0.15, 0.2) is 0 Å². The molecule has 0 aliphatic rings. The van der Waals surface area contributed by atoms with E-state index in [4.69, 9.17) is 19.4 Å². The maximum atomic E-state index is 12.0. The average Bonchev–Trinajstić information content (AvgIpc) is 2.35. The van der Waals surface area contributed by atoms with Crippen LogP contribution in [-0.2, 0) is 16.0 Å². The van der Waals surface area contributed by atoms with Crippen LogP contribution >= 0.6 is 7.60 Å². The fraction of sp³-hybridized carbons (Fsp3) is 0.600. The number of ether oxygens (including phenoxy) is 1. The van der Waals surface area contributed by atoms with E-state index in [0.717, 1.165) is 4.57 Å². The first kappa shape index (κ1) is 20.6. The molecule has 1 rings (SSSR count). The van der Waals surface area contributed by atoms with Gasteiger partial charge in [-0.05, 0) is 13.3 Å². The van der Waals surface area contributed by atoms with Crippen molar-refractivity contribution in [2.75, 3.05) is 7.11 Å². The van der Waals surface area contributed by atoms with Crippen LogP contribution < -0.4 is 45.6 Å². The third kappa shape index (κ3) is 5.07.